The number of esters is 1. The van der Waals surface area contributed by atoms with E-state index in [0.717, 1.165) is 0 Å². The Bertz CT molecular complexity index is 751. The fraction of sp³-hybridized carbons (Fsp3) is 0.176. The van der Waals surface area contributed by atoms with Crippen molar-refractivity contribution in [1.29, 1.82) is 0 Å². The first kappa shape index (κ1) is 16.4. The summed E-state index contributed by atoms with van der Waals surface area (Å²) in [5, 5.41) is 9.55. The highest BCUT2D eigenvalue weighted by molar-refractivity contribution is 6.00. The predicted molar refractivity (Wildman–Crippen MR) is 83.3 cm³/mol. The summed E-state index contributed by atoms with van der Waals surface area (Å²) in [6.07, 6.45) is 0. The lowest BCUT2D eigenvalue weighted by Crippen LogP contribution is -2.09. The molecule has 0 saturated heterocycles. The maximum atomic E-state index is 11.7. The molecule has 0 amide bonds. The van der Waals surface area contributed by atoms with Crippen LogP contribution in [0.3, 0.4) is 0 Å². The Morgan fingerprint density at radius 1 is 0.957 bits per heavy atom. The van der Waals surface area contributed by atoms with Crippen LogP contribution in [0, 0.1) is 0 Å². The molecule has 0 unspecified atom stereocenters. The predicted octanol–water partition coefficient (Wildman–Crippen LogP) is 2.99. The molecule has 0 fully saturated rings. The molecule has 120 valence electrons. The first-order valence-electron chi connectivity index (χ1n) is 6.75. The lowest BCUT2D eigenvalue weighted by molar-refractivity contribution is -0.131. The lowest BCUT2D eigenvalue weighted by Gasteiger charge is -2.14. The van der Waals surface area contributed by atoms with E-state index in [0.29, 0.717) is 22.6 Å². The van der Waals surface area contributed by atoms with Crippen molar-refractivity contribution >= 4 is 11.9 Å². The molecule has 0 radical (unpaired) electrons. The summed E-state index contributed by atoms with van der Waals surface area (Å²) in [6, 6.07) is 9.71. The molecule has 0 atom stereocenters. The van der Waals surface area contributed by atoms with Crippen LogP contribution in [0.1, 0.15) is 17.3 Å². The highest BCUT2D eigenvalue weighted by Crippen LogP contribution is 2.38. The monoisotopic (exact) mass is 316 g/mol. The maximum Gasteiger partial charge on any atom is 0.340 e. The number of carbonyl (C=O) groups is 2. The molecule has 0 bridgehead atoms. The van der Waals surface area contributed by atoms with E-state index in [-0.39, 0.29) is 11.3 Å². The Kier molecular flexibility index (Phi) is 4.85. The average Bonchev–Trinajstić information content (AvgIpc) is 2.53. The number of aromatic carboxylic acids is 1. The van der Waals surface area contributed by atoms with Crippen LogP contribution >= 0.6 is 0 Å². The number of hydrogen-bond donors (Lipinski definition) is 1. The molecular weight excluding hydrogens is 300 g/mol. The number of benzene rings is 2. The van der Waals surface area contributed by atoms with Crippen molar-refractivity contribution in [2.24, 2.45) is 0 Å². The van der Waals surface area contributed by atoms with Crippen molar-refractivity contribution in [1.82, 2.24) is 0 Å². The van der Waals surface area contributed by atoms with E-state index in [1.807, 2.05) is 0 Å². The van der Waals surface area contributed by atoms with Crippen LogP contribution < -0.4 is 14.2 Å². The van der Waals surface area contributed by atoms with Crippen LogP contribution in [-0.4, -0.2) is 31.3 Å². The van der Waals surface area contributed by atoms with Crippen LogP contribution in [0.4, 0.5) is 0 Å². The molecule has 1 N–H and O–H groups in total. The fourth-order valence-electron chi connectivity index (χ4n) is 2.24. The maximum absolute atomic E-state index is 11.7. The molecule has 2 aromatic rings. The van der Waals surface area contributed by atoms with Gasteiger partial charge in [-0.1, -0.05) is 12.1 Å². The summed E-state index contributed by atoms with van der Waals surface area (Å²) >= 11 is 0. The smallest absolute Gasteiger partial charge is 0.340 e. The van der Waals surface area contributed by atoms with Crippen molar-refractivity contribution < 1.29 is 28.9 Å². The molecule has 0 saturated carbocycles. The van der Waals surface area contributed by atoms with Crippen LogP contribution in [0.2, 0.25) is 0 Å². The minimum absolute atomic E-state index is 0.0210. The second-order valence-corrected chi connectivity index (χ2v) is 4.64. The van der Waals surface area contributed by atoms with E-state index in [4.69, 9.17) is 14.2 Å². The summed E-state index contributed by atoms with van der Waals surface area (Å²) < 4.78 is 15.5. The fourth-order valence-corrected chi connectivity index (χ4v) is 2.24. The van der Waals surface area contributed by atoms with Crippen molar-refractivity contribution in [3.05, 3.63) is 42.0 Å². The Hall–Kier alpha value is -3.02. The highest BCUT2D eigenvalue weighted by Gasteiger charge is 2.21. The van der Waals surface area contributed by atoms with Gasteiger partial charge in [0.1, 0.15) is 22.8 Å². The standard InChI is InChI=1S/C17H16O6/c1-10(18)23-15-6-4-5-12(16(15)17(19)20)13-9-11(21-2)7-8-14(13)22-3/h4-9H,1-3H3,(H,19,20). The minimum Gasteiger partial charge on any atom is -0.497 e. The van der Waals surface area contributed by atoms with Crippen molar-refractivity contribution in [2.75, 3.05) is 14.2 Å². The SMILES string of the molecule is COc1ccc(OC)c(-c2cccc(OC(C)=O)c2C(=O)O)c1. The number of carboxylic acids is 1. The molecule has 6 nitrogen and oxygen atoms in total. The van der Waals surface area contributed by atoms with E-state index in [1.165, 1.54) is 27.2 Å². The summed E-state index contributed by atoms with van der Waals surface area (Å²) in [7, 11) is 3.00. The van der Waals surface area contributed by atoms with E-state index in [9.17, 15) is 14.7 Å². The number of carboxylic acid groups (broad SMARTS) is 1. The van der Waals surface area contributed by atoms with Gasteiger partial charge in [-0.3, -0.25) is 4.79 Å². The molecule has 0 spiro atoms. The van der Waals surface area contributed by atoms with Gasteiger partial charge < -0.3 is 19.3 Å². The third-order valence-electron chi connectivity index (χ3n) is 3.19. The minimum atomic E-state index is -1.21. The van der Waals surface area contributed by atoms with Gasteiger partial charge in [-0.05, 0) is 24.3 Å². The first-order valence-corrected chi connectivity index (χ1v) is 6.75. The third kappa shape index (κ3) is 3.42. The van der Waals surface area contributed by atoms with Crippen LogP contribution in [0.5, 0.6) is 17.2 Å². The second kappa shape index (κ2) is 6.83. The zero-order valence-corrected chi connectivity index (χ0v) is 13.0. The normalized spacial score (nSPS) is 10.0. The summed E-state index contributed by atoms with van der Waals surface area (Å²) in [5.41, 5.74) is 0.777. The van der Waals surface area contributed by atoms with Gasteiger partial charge in [0, 0.05) is 18.1 Å². The molecule has 6 heteroatoms. The van der Waals surface area contributed by atoms with Crippen molar-refractivity contribution in [2.45, 2.75) is 6.92 Å². The van der Waals surface area contributed by atoms with Gasteiger partial charge >= 0.3 is 11.9 Å². The summed E-state index contributed by atoms with van der Waals surface area (Å²) in [5.74, 6) is -0.792. The number of carbonyl (C=O) groups excluding carboxylic acids is 1. The van der Waals surface area contributed by atoms with Gasteiger partial charge in [0.25, 0.3) is 0 Å². The first-order chi connectivity index (χ1) is 11.0. The van der Waals surface area contributed by atoms with E-state index in [1.54, 1.807) is 30.3 Å². The van der Waals surface area contributed by atoms with Gasteiger partial charge in [-0.2, -0.15) is 0 Å². The second-order valence-electron chi connectivity index (χ2n) is 4.64. The Morgan fingerprint density at radius 3 is 2.26 bits per heavy atom. The van der Waals surface area contributed by atoms with Gasteiger partial charge in [0.15, 0.2) is 0 Å². The van der Waals surface area contributed by atoms with Crippen molar-refractivity contribution in [3.63, 3.8) is 0 Å². The molecule has 2 aromatic carbocycles. The highest BCUT2D eigenvalue weighted by atomic mass is 16.5. The molecule has 0 heterocycles. The molecule has 23 heavy (non-hydrogen) atoms. The van der Waals surface area contributed by atoms with Crippen LogP contribution in [0.15, 0.2) is 36.4 Å². The van der Waals surface area contributed by atoms with Gasteiger partial charge in [0.2, 0.25) is 0 Å². The third-order valence-corrected chi connectivity index (χ3v) is 3.19. The molecule has 2 rings (SSSR count). The number of rotatable bonds is 5. The van der Waals surface area contributed by atoms with Gasteiger partial charge in [0.05, 0.1) is 14.2 Å². The van der Waals surface area contributed by atoms with Gasteiger partial charge in [-0.25, -0.2) is 4.79 Å². The lowest BCUT2D eigenvalue weighted by atomic mass is 9.97. The van der Waals surface area contributed by atoms with Crippen LogP contribution in [-0.2, 0) is 4.79 Å². The molecular formula is C17H16O6. The zero-order valence-electron chi connectivity index (χ0n) is 13.0. The van der Waals surface area contributed by atoms with Crippen LogP contribution in [0.25, 0.3) is 11.1 Å². The molecule has 0 aliphatic rings. The largest absolute Gasteiger partial charge is 0.497 e. The number of ether oxygens (including phenoxy) is 3. The van der Waals surface area contributed by atoms with E-state index >= 15 is 0 Å². The quantitative estimate of drug-likeness (QED) is 0.674. The topological polar surface area (TPSA) is 82.1 Å². The molecule has 0 aliphatic carbocycles. The molecule has 0 aliphatic heterocycles. The summed E-state index contributed by atoms with van der Waals surface area (Å²) in [6.45, 7) is 1.21. The van der Waals surface area contributed by atoms with E-state index < -0.39 is 11.9 Å². The number of methoxy groups -OCH3 is 2. The summed E-state index contributed by atoms with van der Waals surface area (Å²) in [4.78, 5) is 22.9. The Balaban J connectivity index is 2.72. The van der Waals surface area contributed by atoms with Gasteiger partial charge in [-0.15, -0.1) is 0 Å². The zero-order chi connectivity index (χ0) is 17.0. The number of hydrogen-bond acceptors (Lipinski definition) is 5. The Morgan fingerprint density at radius 2 is 1.70 bits per heavy atom. The average molecular weight is 316 g/mol. The van der Waals surface area contributed by atoms with Crippen molar-refractivity contribution in [3.8, 4) is 28.4 Å². The molecule has 0 aromatic heterocycles. The Labute approximate surface area is 133 Å². The van der Waals surface area contributed by atoms with E-state index in [2.05, 4.69) is 0 Å².